The summed E-state index contributed by atoms with van der Waals surface area (Å²) in [5, 5.41) is 0. The van der Waals surface area contributed by atoms with Crippen molar-refractivity contribution in [3.63, 3.8) is 0 Å². The molecule has 65 heavy (non-hydrogen) atoms. The van der Waals surface area contributed by atoms with Crippen LogP contribution in [0.15, 0.2) is 121 Å². The third-order valence-corrected chi connectivity index (χ3v) is 11.3. The Labute approximate surface area is 380 Å². The molecule has 11 heteroatoms. The van der Waals surface area contributed by atoms with Gasteiger partial charge in [0.15, 0.2) is 0 Å². The number of benzene rings is 6. The highest BCUT2D eigenvalue weighted by atomic mass is 17.2. The zero-order chi connectivity index (χ0) is 43.9. The summed E-state index contributed by atoms with van der Waals surface area (Å²) in [5.41, 5.74) is 10.2. The highest BCUT2D eigenvalue weighted by molar-refractivity contribution is 5.70. The smallest absolute Gasteiger partial charge is 0.126 e. The van der Waals surface area contributed by atoms with Gasteiger partial charge in [-0.2, -0.15) is 0 Å². The molecule has 0 spiro atoms. The Morgan fingerprint density at radius 2 is 0.508 bits per heavy atom. The second kappa shape index (κ2) is 22.5. The maximum absolute atomic E-state index is 6.80. The maximum Gasteiger partial charge on any atom is 0.126 e. The molecule has 0 atom stereocenters. The molecule has 0 fully saturated rings. The lowest BCUT2D eigenvalue weighted by Crippen LogP contribution is -2.15. The van der Waals surface area contributed by atoms with Crippen molar-refractivity contribution in [2.75, 3.05) is 79.3 Å². The fraction of sp³-hybridized carbons (Fsp3) is 0.296. The summed E-state index contributed by atoms with van der Waals surface area (Å²) in [5.74, 6) is 4.69. The minimum absolute atomic E-state index is 0.211. The first kappa shape index (κ1) is 43.9. The van der Waals surface area contributed by atoms with Gasteiger partial charge in [0.2, 0.25) is 0 Å². The number of para-hydroxylation sites is 4. The molecular weight excluding hydrogens is 825 g/mol. The predicted molar refractivity (Wildman–Crippen MR) is 246 cm³/mol. The summed E-state index contributed by atoms with van der Waals surface area (Å²) >= 11 is 0. The predicted octanol–water partition coefficient (Wildman–Crippen LogP) is 9.45. The zero-order valence-corrected chi connectivity index (χ0v) is 36.5. The average molecular weight is 879 g/mol. The number of ether oxygens (including phenoxy) is 7. The van der Waals surface area contributed by atoms with Crippen LogP contribution >= 0.6 is 0 Å². The molecule has 7 heterocycles. The summed E-state index contributed by atoms with van der Waals surface area (Å²) in [6.45, 7) is 3.47. The fourth-order valence-corrected chi connectivity index (χ4v) is 8.26. The van der Waals surface area contributed by atoms with Crippen LogP contribution in [0.3, 0.4) is 0 Å². The first-order valence-electron chi connectivity index (χ1n) is 22.4. The van der Waals surface area contributed by atoms with Gasteiger partial charge in [-0.3, -0.25) is 0 Å². The lowest BCUT2D eigenvalue weighted by atomic mass is 9.91. The van der Waals surface area contributed by atoms with Crippen LogP contribution in [0.25, 0.3) is 12.2 Å². The zero-order valence-electron chi connectivity index (χ0n) is 36.5. The van der Waals surface area contributed by atoms with Crippen LogP contribution in [0.1, 0.15) is 55.6 Å². The summed E-state index contributed by atoms with van der Waals surface area (Å²) in [7, 11) is 0. The summed E-state index contributed by atoms with van der Waals surface area (Å²) in [6, 6.07) is 41.5. The standard InChI is InChI=1S/C54H54O11/c1-5-41-35-45-9-3-11-47-37-43-7-2-8-44-38-48-12-4-10-46(54(48)61-30-34-65-63-32-24-55-23-31-62-64-33-29-60-53(45)47)36-42(6-1)51(41)58-27-25-56-49-19-15-39(16-20-49)13-14-40-17-21-50(22-18-40)57-26-28-59-52(43)44/h1-22H,23-38H2. The quantitative estimate of drug-likeness (QED) is 0.136. The van der Waals surface area contributed by atoms with Crippen LogP contribution in [-0.2, 0) is 50.0 Å². The summed E-state index contributed by atoms with van der Waals surface area (Å²) in [4.78, 5) is 21.9. The molecule has 8 aliphatic rings. The minimum atomic E-state index is 0.211. The van der Waals surface area contributed by atoms with Crippen LogP contribution in [0.4, 0.5) is 0 Å². The lowest BCUT2D eigenvalue weighted by Gasteiger charge is -2.23. The molecule has 6 aromatic carbocycles. The molecule has 0 saturated carbocycles. The topological polar surface area (TPSA) is 102 Å². The Bertz CT molecular complexity index is 2240. The Kier molecular flexibility index (Phi) is 15.2. The molecule has 0 N–H and O–H groups in total. The molecule has 0 unspecified atom stereocenters. The minimum Gasteiger partial charge on any atom is -0.490 e. The Balaban J connectivity index is 1.16. The maximum atomic E-state index is 6.80. The molecule has 6 aromatic rings. The number of rotatable bonds is 0. The molecule has 336 valence electrons. The van der Waals surface area contributed by atoms with Crippen LogP contribution in [0.2, 0.25) is 0 Å². The van der Waals surface area contributed by atoms with Crippen molar-refractivity contribution in [2.45, 2.75) is 25.7 Å². The van der Waals surface area contributed by atoms with E-state index < -0.39 is 0 Å². The number of hydrogen-bond donors (Lipinski definition) is 0. The number of hydrogen-bond acceptors (Lipinski definition) is 11. The van der Waals surface area contributed by atoms with Crippen molar-refractivity contribution >= 4 is 12.2 Å². The molecular formula is C54H54O11. The van der Waals surface area contributed by atoms with E-state index in [1.165, 1.54) is 0 Å². The molecule has 7 aliphatic heterocycles. The van der Waals surface area contributed by atoms with Crippen molar-refractivity contribution in [3.8, 4) is 34.5 Å². The Hall–Kier alpha value is -6.34. The SMILES string of the molecule is C1=Cc2ccc(cc2)OCCOc2c3cccc2Cc2cccc4c2OCCOOCCOCCOOCCOc2c(cccc2C3)Cc2cccc(c2OCCOc2ccc1cc2)C4. The van der Waals surface area contributed by atoms with E-state index in [0.29, 0.717) is 65.3 Å². The molecule has 1 aliphatic carbocycles. The van der Waals surface area contributed by atoms with Gasteiger partial charge in [-0.05, 0) is 79.9 Å². The van der Waals surface area contributed by atoms with Crippen LogP contribution in [0.5, 0.6) is 34.5 Å². The molecule has 11 nitrogen and oxygen atoms in total. The average Bonchev–Trinajstić information content (AvgIpc) is 3.32. The van der Waals surface area contributed by atoms with Crippen LogP contribution in [-0.4, -0.2) is 79.3 Å². The monoisotopic (exact) mass is 878 g/mol. The van der Waals surface area contributed by atoms with E-state index in [0.717, 1.165) is 90.1 Å². The molecule has 14 rings (SSSR count). The van der Waals surface area contributed by atoms with Gasteiger partial charge in [-0.15, -0.1) is 0 Å². The molecule has 0 radical (unpaired) electrons. The van der Waals surface area contributed by atoms with Gasteiger partial charge in [0, 0.05) is 25.7 Å². The van der Waals surface area contributed by atoms with Gasteiger partial charge in [0.05, 0.1) is 13.2 Å². The largest absolute Gasteiger partial charge is 0.490 e. The third kappa shape index (κ3) is 11.9. The Morgan fingerprint density at radius 3 is 0.815 bits per heavy atom. The summed E-state index contributed by atoms with van der Waals surface area (Å²) in [6.07, 6.45) is 6.34. The van der Waals surface area contributed by atoms with E-state index in [1.54, 1.807) is 0 Å². The first-order chi connectivity index (χ1) is 32.2. The first-order valence-corrected chi connectivity index (χ1v) is 22.4. The van der Waals surface area contributed by atoms with E-state index in [2.05, 4.69) is 84.9 Å². The second-order valence-electron chi connectivity index (χ2n) is 15.8. The van der Waals surface area contributed by atoms with Crippen molar-refractivity contribution in [1.29, 1.82) is 0 Å². The second-order valence-corrected chi connectivity index (χ2v) is 15.8. The molecule has 0 amide bonds. The molecule has 16 bridgehead atoms. The Morgan fingerprint density at radius 1 is 0.246 bits per heavy atom. The van der Waals surface area contributed by atoms with E-state index in [4.69, 9.17) is 52.7 Å². The van der Waals surface area contributed by atoms with Gasteiger partial charge >= 0.3 is 0 Å². The van der Waals surface area contributed by atoms with Gasteiger partial charge in [0.25, 0.3) is 0 Å². The molecule has 0 saturated heterocycles. The van der Waals surface area contributed by atoms with Crippen molar-refractivity contribution in [1.82, 2.24) is 0 Å². The van der Waals surface area contributed by atoms with Gasteiger partial charge in [-0.1, -0.05) is 109 Å². The highest BCUT2D eigenvalue weighted by Crippen LogP contribution is 2.39. The van der Waals surface area contributed by atoms with E-state index >= 15 is 0 Å². The van der Waals surface area contributed by atoms with Crippen molar-refractivity contribution < 1.29 is 52.7 Å². The van der Waals surface area contributed by atoms with E-state index in [1.807, 2.05) is 48.5 Å². The fourth-order valence-electron chi connectivity index (χ4n) is 8.26. The van der Waals surface area contributed by atoms with Crippen LogP contribution in [0, 0.1) is 0 Å². The third-order valence-electron chi connectivity index (χ3n) is 11.3. The van der Waals surface area contributed by atoms with Gasteiger partial charge in [0.1, 0.15) is 101 Å². The van der Waals surface area contributed by atoms with Gasteiger partial charge in [-0.25, -0.2) is 19.6 Å². The lowest BCUT2D eigenvalue weighted by molar-refractivity contribution is -0.310. The summed E-state index contributed by atoms with van der Waals surface area (Å²) < 4.78 is 45.1. The molecule has 0 aromatic heterocycles. The van der Waals surface area contributed by atoms with Crippen LogP contribution < -0.4 is 28.4 Å². The highest BCUT2D eigenvalue weighted by Gasteiger charge is 2.22. The normalized spacial score (nSPS) is 16.6. The van der Waals surface area contributed by atoms with Crippen molar-refractivity contribution in [2.24, 2.45) is 0 Å². The van der Waals surface area contributed by atoms with Crippen molar-refractivity contribution in [3.05, 3.63) is 177 Å². The van der Waals surface area contributed by atoms with Gasteiger partial charge < -0.3 is 33.2 Å². The van der Waals surface area contributed by atoms with E-state index in [9.17, 15) is 0 Å². The van der Waals surface area contributed by atoms with E-state index in [-0.39, 0.29) is 39.6 Å².